The molecule has 1 aliphatic rings. The van der Waals surface area contributed by atoms with Crippen LogP contribution in [-0.2, 0) is 16.1 Å². The van der Waals surface area contributed by atoms with E-state index in [2.05, 4.69) is 9.97 Å². The van der Waals surface area contributed by atoms with Crippen LogP contribution in [0.4, 0.5) is 5.82 Å². The molecule has 0 atom stereocenters. The first-order valence-electron chi connectivity index (χ1n) is 8.68. The van der Waals surface area contributed by atoms with E-state index in [1.807, 2.05) is 12.1 Å². The monoisotopic (exact) mass is 365 g/mol. The van der Waals surface area contributed by atoms with Crippen molar-refractivity contribution in [3.8, 4) is 11.1 Å². The van der Waals surface area contributed by atoms with E-state index < -0.39 is 0 Å². The SMILES string of the molecule is Nc1ccc(-c2ccc3ncn(CC(=O)N4CCOCC4)c(=O)c3c2)cn1. The standard InChI is InChI=1S/C19H19N5O3/c20-17-4-2-14(10-21-17)13-1-3-16-15(9-13)19(26)24(12-22-16)11-18(25)23-5-7-27-8-6-23/h1-4,9-10,12H,5-8,11H2,(H2,20,21). The molecule has 1 saturated heterocycles. The number of aromatic nitrogens is 3. The first kappa shape index (κ1) is 17.2. The van der Waals surface area contributed by atoms with E-state index in [4.69, 9.17) is 10.5 Å². The molecule has 1 amide bonds. The Bertz CT molecular complexity index is 1040. The lowest BCUT2D eigenvalue weighted by Crippen LogP contribution is -2.43. The van der Waals surface area contributed by atoms with Gasteiger partial charge in [-0.15, -0.1) is 0 Å². The van der Waals surface area contributed by atoms with Gasteiger partial charge >= 0.3 is 0 Å². The highest BCUT2D eigenvalue weighted by atomic mass is 16.5. The summed E-state index contributed by atoms with van der Waals surface area (Å²) < 4.78 is 6.61. The van der Waals surface area contributed by atoms with Gasteiger partial charge in [0.2, 0.25) is 5.91 Å². The van der Waals surface area contributed by atoms with E-state index in [-0.39, 0.29) is 18.0 Å². The summed E-state index contributed by atoms with van der Waals surface area (Å²) in [4.78, 5) is 35.4. The second kappa shape index (κ2) is 7.16. The summed E-state index contributed by atoms with van der Waals surface area (Å²) >= 11 is 0. The summed E-state index contributed by atoms with van der Waals surface area (Å²) in [6, 6.07) is 9.00. The first-order valence-corrected chi connectivity index (χ1v) is 8.68. The Morgan fingerprint density at radius 2 is 1.89 bits per heavy atom. The van der Waals surface area contributed by atoms with Crippen molar-refractivity contribution < 1.29 is 9.53 Å². The third kappa shape index (κ3) is 3.52. The number of ether oxygens (including phenoxy) is 1. The van der Waals surface area contributed by atoms with Crippen molar-refractivity contribution in [1.82, 2.24) is 19.4 Å². The van der Waals surface area contributed by atoms with Crippen LogP contribution in [-0.4, -0.2) is 51.6 Å². The fourth-order valence-corrected chi connectivity index (χ4v) is 3.09. The van der Waals surface area contributed by atoms with Gasteiger partial charge in [0.1, 0.15) is 12.4 Å². The number of rotatable bonds is 3. The highest BCUT2D eigenvalue weighted by molar-refractivity contribution is 5.84. The Morgan fingerprint density at radius 3 is 2.63 bits per heavy atom. The molecule has 0 aliphatic carbocycles. The maximum atomic E-state index is 12.9. The Balaban J connectivity index is 1.66. The van der Waals surface area contributed by atoms with E-state index in [9.17, 15) is 9.59 Å². The van der Waals surface area contributed by atoms with Crippen LogP contribution in [0, 0.1) is 0 Å². The molecule has 0 bridgehead atoms. The molecule has 27 heavy (non-hydrogen) atoms. The van der Waals surface area contributed by atoms with Crippen molar-refractivity contribution in [3.05, 3.63) is 53.2 Å². The van der Waals surface area contributed by atoms with Crippen LogP contribution < -0.4 is 11.3 Å². The number of carbonyl (C=O) groups excluding carboxylic acids is 1. The minimum absolute atomic E-state index is 0.0323. The molecule has 2 aromatic heterocycles. The van der Waals surface area contributed by atoms with E-state index in [1.54, 1.807) is 29.3 Å². The largest absolute Gasteiger partial charge is 0.384 e. The molecule has 3 heterocycles. The van der Waals surface area contributed by atoms with Gasteiger partial charge in [0.25, 0.3) is 5.56 Å². The molecule has 1 fully saturated rings. The van der Waals surface area contributed by atoms with Crippen LogP contribution in [0.15, 0.2) is 47.7 Å². The quantitative estimate of drug-likeness (QED) is 0.740. The summed E-state index contributed by atoms with van der Waals surface area (Å²) in [5.74, 6) is 0.325. The van der Waals surface area contributed by atoms with Crippen molar-refractivity contribution in [3.63, 3.8) is 0 Å². The van der Waals surface area contributed by atoms with Crippen molar-refractivity contribution in [1.29, 1.82) is 0 Å². The molecule has 8 nitrogen and oxygen atoms in total. The molecule has 1 aliphatic heterocycles. The van der Waals surface area contributed by atoms with Gasteiger partial charge in [-0.25, -0.2) is 9.97 Å². The number of amides is 1. The number of anilines is 1. The molecule has 0 unspecified atom stereocenters. The van der Waals surface area contributed by atoms with Crippen molar-refractivity contribution >= 4 is 22.6 Å². The topological polar surface area (TPSA) is 103 Å². The van der Waals surface area contributed by atoms with Crippen LogP contribution in [0.25, 0.3) is 22.0 Å². The lowest BCUT2D eigenvalue weighted by Gasteiger charge is -2.27. The van der Waals surface area contributed by atoms with Gasteiger partial charge in [-0.3, -0.25) is 14.2 Å². The predicted molar refractivity (Wildman–Crippen MR) is 101 cm³/mol. The molecular weight excluding hydrogens is 346 g/mol. The first-order chi connectivity index (χ1) is 13.1. The van der Waals surface area contributed by atoms with E-state index in [0.717, 1.165) is 11.1 Å². The third-order valence-corrected chi connectivity index (χ3v) is 4.61. The van der Waals surface area contributed by atoms with Crippen LogP contribution >= 0.6 is 0 Å². The second-order valence-electron chi connectivity index (χ2n) is 6.37. The van der Waals surface area contributed by atoms with Crippen molar-refractivity contribution in [2.75, 3.05) is 32.0 Å². The molecule has 138 valence electrons. The van der Waals surface area contributed by atoms with Gasteiger partial charge in [0, 0.05) is 24.8 Å². The molecule has 3 aromatic rings. The Kier molecular flexibility index (Phi) is 4.55. The molecule has 1 aromatic carbocycles. The zero-order valence-electron chi connectivity index (χ0n) is 14.7. The number of carbonyl (C=O) groups is 1. The molecule has 8 heteroatoms. The molecule has 4 rings (SSSR count). The van der Waals surface area contributed by atoms with Gasteiger partial charge in [-0.2, -0.15) is 0 Å². The number of hydrogen-bond acceptors (Lipinski definition) is 6. The van der Waals surface area contributed by atoms with Crippen LogP contribution in [0.5, 0.6) is 0 Å². The minimum Gasteiger partial charge on any atom is -0.384 e. The number of fused-ring (bicyclic) bond motifs is 1. The number of nitrogens with two attached hydrogens (primary N) is 1. The van der Waals surface area contributed by atoms with E-state index in [1.165, 1.54) is 10.9 Å². The predicted octanol–water partition coefficient (Wildman–Crippen LogP) is 0.899. The lowest BCUT2D eigenvalue weighted by atomic mass is 10.1. The zero-order valence-corrected chi connectivity index (χ0v) is 14.7. The summed E-state index contributed by atoms with van der Waals surface area (Å²) in [5, 5.41) is 0.460. The van der Waals surface area contributed by atoms with Crippen molar-refractivity contribution in [2.24, 2.45) is 0 Å². The van der Waals surface area contributed by atoms with E-state index in [0.29, 0.717) is 43.0 Å². The smallest absolute Gasteiger partial charge is 0.261 e. The normalized spacial score (nSPS) is 14.4. The zero-order chi connectivity index (χ0) is 18.8. The number of nitrogen functional groups attached to an aromatic ring is 1. The highest BCUT2D eigenvalue weighted by Gasteiger charge is 2.18. The van der Waals surface area contributed by atoms with Crippen LogP contribution in [0.3, 0.4) is 0 Å². The number of morpholine rings is 1. The molecule has 0 radical (unpaired) electrons. The Morgan fingerprint density at radius 1 is 1.11 bits per heavy atom. The number of nitrogens with zero attached hydrogens (tertiary/aromatic N) is 4. The fraction of sp³-hybridized carbons (Fsp3) is 0.263. The van der Waals surface area contributed by atoms with E-state index >= 15 is 0 Å². The van der Waals surface area contributed by atoms with Gasteiger partial charge in [0.15, 0.2) is 0 Å². The number of benzene rings is 1. The fourth-order valence-electron chi connectivity index (χ4n) is 3.09. The highest BCUT2D eigenvalue weighted by Crippen LogP contribution is 2.22. The van der Waals surface area contributed by atoms with Crippen LogP contribution in [0.2, 0.25) is 0 Å². The minimum atomic E-state index is -0.244. The number of hydrogen-bond donors (Lipinski definition) is 1. The maximum Gasteiger partial charge on any atom is 0.261 e. The molecule has 0 saturated carbocycles. The third-order valence-electron chi connectivity index (χ3n) is 4.61. The molecule has 2 N–H and O–H groups in total. The Hall–Kier alpha value is -3.26. The van der Waals surface area contributed by atoms with Gasteiger partial charge in [-0.1, -0.05) is 6.07 Å². The molecular formula is C19H19N5O3. The summed E-state index contributed by atoms with van der Waals surface area (Å²) in [7, 11) is 0. The number of pyridine rings is 1. The summed E-state index contributed by atoms with van der Waals surface area (Å²) in [6.07, 6.45) is 3.08. The molecule has 0 spiro atoms. The van der Waals surface area contributed by atoms with Gasteiger partial charge in [-0.05, 0) is 29.8 Å². The van der Waals surface area contributed by atoms with Crippen LogP contribution in [0.1, 0.15) is 0 Å². The van der Waals surface area contributed by atoms with Gasteiger partial charge in [0.05, 0.1) is 30.4 Å². The maximum absolute atomic E-state index is 12.9. The summed E-state index contributed by atoms with van der Waals surface area (Å²) in [6.45, 7) is 2.10. The average molecular weight is 365 g/mol. The Labute approximate surface area is 155 Å². The lowest BCUT2D eigenvalue weighted by molar-refractivity contribution is -0.135. The van der Waals surface area contributed by atoms with Crippen molar-refractivity contribution in [2.45, 2.75) is 6.54 Å². The summed E-state index contributed by atoms with van der Waals surface area (Å²) in [5.41, 5.74) is 7.66. The second-order valence-corrected chi connectivity index (χ2v) is 6.37. The van der Waals surface area contributed by atoms with Gasteiger partial charge < -0.3 is 15.4 Å². The average Bonchev–Trinajstić information content (AvgIpc) is 2.71.